The topological polar surface area (TPSA) is 34.1 Å². The Bertz CT molecular complexity index is 205. The van der Waals surface area contributed by atoms with Gasteiger partial charge in [-0.3, -0.25) is 9.59 Å². The van der Waals surface area contributed by atoms with Crippen molar-refractivity contribution >= 4 is 41.1 Å². The van der Waals surface area contributed by atoms with E-state index in [0.717, 1.165) is 0 Å². The second kappa shape index (κ2) is 5.13. The number of alkyl halides is 6. The molecule has 0 atom stereocenters. The Morgan fingerprint density at radius 3 is 1.14 bits per heavy atom. The number of hydrogen-bond donors (Lipinski definition) is 0. The third-order valence-corrected chi connectivity index (χ3v) is 0.953. The average Bonchev–Trinajstić information content (AvgIpc) is 1.82. The zero-order valence-electron chi connectivity index (χ0n) is 5.79. The maximum absolute atomic E-state index is 11.3. The van der Waals surface area contributed by atoms with E-state index in [4.69, 9.17) is 0 Å². The van der Waals surface area contributed by atoms with E-state index in [1.165, 1.54) is 0 Å². The Morgan fingerprint density at radius 1 is 0.786 bits per heavy atom. The third kappa shape index (κ3) is 5.61. The first kappa shape index (κ1) is 16.4. The summed E-state index contributed by atoms with van der Waals surface area (Å²) in [6.07, 6.45) is -13.0. The Kier molecular flexibility index (Phi) is 5.99. The molecular formula is C5H3F6NaO2. The fraction of sp³-hybridized carbons (Fsp3) is 0.600. The van der Waals surface area contributed by atoms with Gasteiger partial charge in [0.25, 0.3) is 0 Å². The van der Waals surface area contributed by atoms with Crippen LogP contribution in [0.4, 0.5) is 26.3 Å². The van der Waals surface area contributed by atoms with Crippen LogP contribution in [0.3, 0.4) is 0 Å². The standard InChI is InChI=1S/C5H2F6O2.Na.H/c6-4(7,8)2(12)1-3(13)5(9,10)11;;/h1H2;;. The zero-order valence-corrected chi connectivity index (χ0v) is 5.79. The number of rotatable bonds is 2. The van der Waals surface area contributed by atoms with Crippen LogP contribution in [0.2, 0.25) is 0 Å². The number of ketones is 2. The Hall–Kier alpha value is -0.0800. The molecule has 9 heteroatoms. The first-order chi connectivity index (χ1) is 5.55. The van der Waals surface area contributed by atoms with Crippen LogP contribution in [0.25, 0.3) is 0 Å². The number of carbonyl (C=O) groups excluding carboxylic acids is 2. The third-order valence-electron chi connectivity index (χ3n) is 0.953. The molecular weight excluding hydrogens is 229 g/mol. The molecule has 0 rings (SSSR count). The zero-order chi connectivity index (χ0) is 10.9. The number of Topliss-reactive ketones (excluding diaryl/α,β-unsaturated/α-hetero) is 2. The summed E-state index contributed by atoms with van der Waals surface area (Å²) in [5.41, 5.74) is 0. The van der Waals surface area contributed by atoms with Crippen molar-refractivity contribution in [2.24, 2.45) is 0 Å². The molecule has 0 bridgehead atoms. The van der Waals surface area contributed by atoms with Crippen LogP contribution in [0, 0.1) is 0 Å². The van der Waals surface area contributed by atoms with Crippen molar-refractivity contribution in [3.8, 4) is 0 Å². The molecule has 78 valence electrons. The van der Waals surface area contributed by atoms with Gasteiger partial charge in [0.2, 0.25) is 11.6 Å². The molecule has 0 saturated carbocycles. The molecule has 0 unspecified atom stereocenters. The summed E-state index contributed by atoms with van der Waals surface area (Å²) in [7, 11) is 0. The van der Waals surface area contributed by atoms with Crippen LogP contribution in [-0.4, -0.2) is 53.5 Å². The fourth-order valence-electron chi connectivity index (χ4n) is 0.346. The van der Waals surface area contributed by atoms with Crippen LogP contribution in [0.5, 0.6) is 0 Å². The van der Waals surface area contributed by atoms with Crippen molar-refractivity contribution < 1.29 is 35.9 Å². The summed E-state index contributed by atoms with van der Waals surface area (Å²) in [6.45, 7) is 0. The second-order valence-corrected chi connectivity index (χ2v) is 2.02. The monoisotopic (exact) mass is 232 g/mol. The summed E-state index contributed by atoms with van der Waals surface area (Å²) < 4.78 is 68.0. The van der Waals surface area contributed by atoms with Crippen LogP contribution >= 0.6 is 0 Å². The Balaban J connectivity index is 0. The molecule has 14 heavy (non-hydrogen) atoms. The second-order valence-electron chi connectivity index (χ2n) is 2.02. The van der Waals surface area contributed by atoms with Gasteiger partial charge in [0.15, 0.2) is 0 Å². The summed E-state index contributed by atoms with van der Waals surface area (Å²) >= 11 is 0. The quantitative estimate of drug-likeness (QED) is 0.404. The van der Waals surface area contributed by atoms with E-state index >= 15 is 0 Å². The van der Waals surface area contributed by atoms with Crippen molar-refractivity contribution in [3.05, 3.63) is 0 Å². The predicted octanol–water partition coefficient (Wildman–Crippen LogP) is 0.991. The van der Waals surface area contributed by atoms with Crippen molar-refractivity contribution in [1.29, 1.82) is 0 Å². The van der Waals surface area contributed by atoms with Gasteiger partial charge in [0.1, 0.15) is 0 Å². The predicted molar refractivity (Wildman–Crippen MR) is 33.9 cm³/mol. The van der Waals surface area contributed by atoms with E-state index < -0.39 is 30.3 Å². The van der Waals surface area contributed by atoms with E-state index in [2.05, 4.69) is 0 Å². The average molecular weight is 232 g/mol. The van der Waals surface area contributed by atoms with Gasteiger partial charge in [-0.05, 0) is 0 Å². The SMILES string of the molecule is O=C(CC(=O)C(F)(F)F)C(F)(F)F.[NaH]. The molecule has 0 aliphatic carbocycles. The molecule has 0 aromatic carbocycles. The maximum atomic E-state index is 11.3. The molecule has 0 heterocycles. The van der Waals surface area contributed by atoms with Crippen LogP contribution in [0.1, 0.15) is 6.42 Å². The van der Waals surface area contributed by atoms with Gasteiger partial charge in [0, 0.05) is 0 Å². The van der Waals surface area contributed by atoms with Gasteiger partial charge in [-0.15, -0.1) is 0 Å². The first-order valence-corrected chi connectivity index (χ1v) is 2.75. The minimum atomic E-state index is -5.40. The van der Waals surface area contributed by atoms with Gasteiger partial charge < -0.3 is 0 Å². The number of hydrogen-bond acceptors (Lipinski definition) is 2. The molecule has 0 aromatic heterocycles. The van der Waals surface area contributed by atoms with Crippen molar-refractivity contribution in [2.45, 2.75) is 18.8 Å². The van der Waals surface area contributed by atoms with E-state index in [1.807, 2.05) is 0 Å². The van der Waals surface area contributed by atoms with Crippen molar-refractivity contribution in [1.82, 2.24) is 0 Å². The molecule has 0 amide bonds. The number of halogens is 6. The van der Waals surface area contributed by atoms with Gasteiger partial charge in [0.05, 0.1) is 6.42 Å². The summed E-state index contributed by atoms with van der Waals surface area (Å²) in [6, 6.07) is 0. The molecule has 0 N–H and O–H groups in total. The Labute approximate surface area is 95.9 Å². The van der Waals surface area contributed by atoms with Crippen LogP contribution in [-0.2, 0) is 9.59 Å². The molecule has 0 aromatic rings. The normalized spacial score (nSPS) is 11.9. The molecule has 0 spiro atoms. The summed E-state index contributed by atoms with van der Waals surface area (Å²) in [5.74, 6) is -5.40. The van der Waals surface area contributed by atoms with Crippen LogP contribution < -0.4 is 0 Å². The van der Waals surface area contributed by atoms with Crippen molar-refractivity contribution in [2.75, 3.05) is 0 Å². The van der Waals surface area contributed by atoms with E-state index in [-0.39, 0.29) is 29.6 Å². The number of carbonyl (C=O) groups is 2. The van der Waals surface area contributed by atoms with E-state index in [0.29, 0.717) is 0 Å². The Morgan fingerprint density at radius 2 is 1.00 bits per heavy atom. The fourth-order valence-corrected chi connectivity index (χ4v) is 0.346. The summed E-state index contributed by atoms with van der Waals surface area (Å²) in [4.78, 5) is 19.8. The molecule has 0 aliphatic heterocycles. The molecule has 0 saturated heterocycles. The van der Waals surface area contributed by atoms with Gasteiger partial charge in [-0.1, -0.05) is 0 Å². The summed E-state index contributed by atoms with van der Waals surface area (Å²) in [5, 5.41) is 0. The molecule has 0 aliphatic rings. The van der Waals surface area contributed by atoms with Gasteiger partial charge in [-0.25, -0.2) is 0 Å². The van der Waals surface area contributed by atoms with Gasteiger partial charge >= 0.3 is 41.9 Å². The van der Waals surface area contributed by atoms with E-state index in [1.54, 1.807) is 0 Å². The minimum absolute atomic E-state index is 0. The molecule has 0 radical (unpaired) electrons. The van der Waals surface area contributed by atoms with Crippen molar-refractivity contribution in [3.63, 3.8) is 0 Å². The van der Waals surface area contributed by atoms with Gasteiger partial charge in [-0.2, -0.15) is 26.3 Å². The molecule has 2 nitrogen and oxygen atoms in total. The first-order valence-electron chi connectivity index (χ1n) is 2.75. The molecule has 0 fully saturated rings. The van der Waals surface area contributed by atoms with E-state index in [9.17, 15) is 35.9 Å². The van der Waals surface area contributed by atoms with Crippen LogP contribution in [0.15, 0.2) is 0 Å².